The van der Waals surface area contributed by atoms with Gasteiger partial charge in [-0.3, -0.25) is 15.6 Å². The third-order valence-corrected chi connectivity index (χ3v) is 4.61. The van der Waals surface area contributed by atoms with E-state index >= 15 is 0 Å². The number of nitrogens with one attached hydrogen (secondary N) is 2. The molecule has 0 heterocycles. The summed E-state index contributed by atoms with van der Waals surface area (Å²) in [7, 11) is 0. The van der Waals surface area contributed by atoms with Crippen LogP contribution in [0.2, 0.25) is 0 Å². The average molecular weight is 436 g/mol. The Kier molecular flexibility index (Phi) is 6.55. The summed E-state index contributed by atoms with van der Waals surface area (Å²) >= 11 is 0. The van der Waals surface area contributed by atoms with E-state index in [-0.39, 0.29) is 12.8 Å². The van der Waals surface area contributed by atoms with E-state index in [0.29, 0.717) is 11.1 Å². The molecule has 31 heavy (non-hydrogen) atoms. The van der Waals surface area contributed by atoms with Gasteiger partial charge >= 0.3 is 0 Å². The molecule has 1 amide bonds. The lowest BCUT2D eigenvalue weighted by atomic mass is 9.87. The van der Waals surface area contributed by atoms with Crippen molar-refractivity contribution in [1.82, 2.24) is 5.43 Å². The highest BCUT2D eigenvalue weighted by Gasteiger charge is 2.37. The van der Waals surface area contributed by atoms with Crippen LogP contribution in [0.4, 0.5) is 27.6 Å². The monoisotopic (exact) mass is 436 g/mol. The molecular formula is C22H17F5N2O2. The zero-order valence-electron chi connectivity index (χ0n) is 15.9. The smallest absolute Gasteiger partial charge is 0.270 e. The number of amides is 1. The molecule has 0 aromatic heterocycles. The van der Waals surface area contributed by atoms with Crippen LogP contribution >= 0.6 is 0 Å². The van der Waals surface area contributed by atoms with E-state index < -0.39 is 46.3 Å². The first-order valence-electron chi connectivity index (χ1n) is 9.11. The number of halogens is 5. The van der Waals surface area contributed by atoms with Gasteiger partial charge in [0.1, 0.15) is 5.69 Å². The fourth-order valence-electron chi connectivity index (χ4n) is 3.04. The van der Waals surface area contributed by atoms with E-state index in [1.807, 2.05) is 5.43 Å². The Bertz CT molecular complexity index is 1010. The summed E-state index contributed by atoms with van der Waals surface area (Å²) in [6.45, 7) is 0. The minimum Gasteiger partial charge on any atom is -0.379 e. The molecule has 3 aromatic carbocycles. The Hall–Kier alpha value is -3.46. The number of hydrogen-bond acceptors (Lipinski definition) is 3. The Morgan fingerprint density at radius 3 is 1.52 bits per heavy atom. The first-order valence-corrected chi connectivity index (χ1v) is 9.11. The molecule has 9 heteroatoms. The highest BCUT2D eigenvalue weighted by atomic mass is 19.2. The largest absolute Gasteiger partial charge is 0.379 e. The predicted octanol–water partition coefficient (Wildman–Crippen LogP) is 4.04. The molecule has 0 spiro atoms. The van der Waals surface area contributed by atoms with Gasteiger partial charge in [0.25, 0.3) is 5.91 Å². The van der Waals surface area contributed by atoms with Gasteiger partial charge in [0.2, 0.25) is 5.82 Å². The molecule has 3 aromatic rings. The topological polar surface area (TPSA) is 61.4 Å². The van der Waals surface area contributed by atoms with Gasteiger partial charge in [0.05, 0.1) is 0 Å². The molecule has 0 aliphatic rings. The number of hydrogen-bond donors (Lipinski definition) is 3. The molecule has 0 unspecified atom stereocenters. The Morgan fingerprint density at radius 1 is 0.710 bits per heavy atom. The minimum absolute atomic E-state index is 0.173. The number of rotatable bonds is 7. The lowest BCUT2D eigenvalue weighted by Gasteiger charge is -2.28. The standard InChI is InChI=1S/C22H17F5N2O2/c23-15-16(24)18(26)20(19(27)17(15)25)28-29-21(30)22(31,11-13-7-3-1-4-8-13)12-14-9-5-2-6-10-14/h1-10,28,31H,11-12H2,(H,29,30). The summed E-state index contributed by atoms with van der Waals surface area (Å²) in [5.41, 5.74) is 1.22. The third kappa shape index (κ3) is 4.83. The van der Waals surface area contributed by atoms with Crippen molar-refractivity contribution in [2.75, 3.05) is 5.43 Å². The van der Waals surface area contributed by atoms with Gasteiger partial charge < -0.3 is 5.11 Å². The van der Waals surface area contributed by atoms with Crippen molar-refractivity contribution in [3.05, 3.63) is 101 Å². The SMILES string of the molecule is O=C(NNc1c(F)c(F)c(F)c(F)c1F)C(O)(Cc1ccccc1)Cc1ccccc1. The molecule has 0 saturated carbocycles. The van der Waals surface area contributed by atoms with Crippen LogP contribution in [-0.4, -0.2) is 16.6 Å². The molecule has 0 fully saturated rings. The molecule has 0 radical (unpaired) electrons. The van der Waals surface area contributed by atoms with E-state index in [0.717, 1.165) is 0 Å². The number of benzene rings is 3. The normalized spacial score (nSPS) is 11.3. The maximum Gasteiger partial charge on any atom is 0.270 e. The molecule has 4 nitrogen and oxygen atoms in total. The van der Waals surface area contributed by atoms with Crippen LogP contribution in [0.25, 0.3) is 0 Å². The molecule has 162 valence electrons. The average Bonchev–Trinajstić information content (AvgIpc) is 2.77. The van der Waals surface area contributed by atoms with E-state index in [2.05, 4.69) is 0 Å². The van der Waals surface area contributed by atoms with Crippen molar-refractivity contribution in [3.8, 4) is 0 Å². The van der Waals surface area contributed by atoms with Gasteiger partial charge in [-0.25, -0.2) is 22.0 Å². The van der Waals surface area contributed by atoms with Gasteiger partial charge in [-0.2, -0.15) is 0 Å². The van der Waals surface area contributed by atoms with E-state index in [9.17, 15) is 31.9 Å². The minimum atomic E-state index is -2.32. The van der Waals surface area contributed by atoms with Crippen molar-refractivity contribution in [2.24, 2.45) is 0 Å². The first-order chi connectivity index (χ1) is 14.7. The highest BCUT2D eigenvalue weighted by molar-refractivity contribution is 5.86. The molecule has 0 bridgehead atoms. The molecule has 0 saturated heterocycles. The van der Waals surface area contributed by atoms with Crippen LogP contribution in [-0.2, 0) is 17.6 Å². The summed E-state index contributed by atoms with van der Waals surface area (Å²) in [6.07, 6.45) is -0.347. The van der Waals surface area contributed by atoms with E-state index in [4.69, 9.17) is 0 Å². The number of anilines is 1. The molecule has 3 rings (SSSR count). The van der Waals surface area contributed by atoms with Gasteiger partial charge in [-0.1, -0.05) is 60.7 Å². The van der Waals surface area contributed by atoms with Crippen molar-refractivity contribution in [3.63, 3.8) is 0 Å². The van der Waals surface area contributed by atoms with Crippen LogP contribution in [0.1, 0.15) is 11.1 Å². The Morgan fingerprint density at radius 2 is 1.10 bits per heavy atom. The maximum atomic E-state index is 13.8. The highest BCUT2D eigenvalue weighted by Crippen LogP contribution is 2.27. The molecule has 3 N–H and O–H groups in total. The maximum absolute atomic E-state index is 13.8. The van der Waals surface area contributed by atoms with Crippen LogP contribution in [0.5, 0.6) is 0 Å². The summed E-state index contributed by atoms with van der Waals surface area (Å²) in [6, 6.07) is 16.9. The predicted molar refractivity (Wildman–Crippen MR) is 103 cm³/mol. The van der Waals surface area contributed by atoms with Crippen LogP contribution in [0.15, 0.2) is 60.7 Å². The van der Waals surface area contributed by atoms with Crippen molar-refractivity contribution >= 4 is 11.6 Å². The zero-order chi connectivity index (χ0) is 22.6. The quantitative estimate of drug-likeness (QED) is 0.227. The summed E-state index contributed by atoms with van der Waals surface area (Å²) in [5, 5.41) is 11.1. The van der Waals surface area contributed by atoms with Crippen LogP contribution in [0.3, 0.4) is 0 Å². The zero-order valence-corrected chi connectivity index (χ0v) is 15.9. The van der Waals surface area contributed by atoms with Gasteiger partial charge in [0.15, 0.2) is 28.9 Å². The fraction of sp³-hybridized carbons (Fsp3) is 0.136. The lowest BCUT2D eigenvalue weighted by molar-refractivity contribution is -0.139. The molecule has 0 atom stereocenters. The van der Waals surface area contributed by atoms with Gasteiger partial charge in [-0.05, 0) is 11.1 Å². The van der Waals surface area contributed by atoms with Crippen molar-refractivity contribution in [2.45, 2.75) is 18.4 Å². The second kappa shape index (κ2) is 9.13. The number of aliphatic hydroxyl groups is 1. The van der Waals surface area contributed by atoms with Crippen molar-refractivity contribution in [1.29, 1.82) is 0 Å². The number of carbonyl (C=O) groups is 1. The summed E-state index contributed by atoms with van der Waals surface area (Å²) in [4.78, 5) is 12.8. The van der Waals surface area contributed by atoms with Gasteiger partial charge in [-0.15, -0.1) is 0 Å². The summed E-state index contributed by atoms with van der Waals surface area (Å²) < 4.78 is 67.6. The van der Waals surface area contributed by atoms with Crippen LogP contribution < -0.4 is 10.9 Å². The van der Waals surface area contributed by atoms with Gasteiger partial charge in [0, 0.05) is 12.8 Å². The Labute approximate surface area is 174 Å². The second-order valence-electron chi connectivity index (χ2n) is 6.88. The number of carbonyl (C=O) groups excluding carboxylic acids is 1. The number of hydrazine groups is 1. The van der Waals surface area contributed by atoms with E-state index in [1.165, 1.54) is 0 Å². The second-order valence-corrected chi connectivity index (χ2v) is 6.88. The molecule has 0 aliphatic heterocycles. The molecule has 0 aliphatic carbocycles. The lowest BCUT2D eigenvalue weighted by Crippen LogP contribution is -2.52. The Balaban J connectivity index is 1.87. The fourth-order valence-corrected chi connectivity index (χ4v) is 3.04. The molecular weight excluding hydrogens is 419 g/mol. The van der Waals surface area contributed by atoms with E-state index in [1.54, 1.807) is 66.1 Å². The first kappa shape index (κ1) is 22.2. The van der Waals surface area contributed by atoms with Crippen LogP contribution in [0, 0.1) is 29.1 Å². The third-order valence-electron chi connectivity index (χ3n) is 4.61. The summed E-state index contributed by atoms with van der Waals surface area (Å²) in [5.74, 6) is -12.1. The van der Waals surface area contributed by atoms with Crippen molar-refractivity contribution < 1.29 is 31.9 Å².